The van der Waals surface area contributed by atoms with Gasteiger partial charge in [-0.3, -0.25) is 4.79 Å². The van der Waals surface area contributed by atoms with Crippen LogP contribution < -0.4 is 10.3 Å². The third-order valence-electron chi connectivity index (χ3n) is 3.84. The molecule has 27 heavy (non-hydrogen) atoms. The van der Waals surface area contributed by atoms with E-state index in [-0.39, 0.29) is 23.3 Å². The van der Waals surface area contributed by atoms with Crippen molar-refractivity contribution in [2.45, 2.75) is 52.7 Å². The Hall–Kier alpha value is -2.34. The molecule has 1 aromatic heterocycles. The number of unbranched alkanes of at least 4 members (excludes halogenated alkanes) is 1. The summed E-state index contributed by atoms with van der Waals surface area (Å²) in [5.41, 5.74) is 0.450. The first-order valence-corrected chi connectivity index (χ1v) is 9.29. The number of nitrogens with zero attached hydrogens (tertiary/aromatic N) is 2. The second-order valence-electron chi connectivity index (χ2n) is 7.19. The SMILES string of the molecule is CCCCOC(=O)c1ccc(COc2cnn(C(C)(C)C)c(=O)c2Cl)cc1. The summed E-state index contributed by atoms with van der Waals surface area (Å²) in [5.74, 6) is -0.112. The highest BCUT2D eigenvalue weighted by molar-refractivity contribution is 6.31. The van der Waals surface area contributed by atoms with Gasteiger partial charge in [-0.15, -0.1) is 0 Å². The van der Waals surface area contributed by atoms with Crippen LogP contribution in [0.4, 0.5) is 0 Å². The van der Waals surface area contributed by atoms with E-state index in [0.717, 1.165) is 18.4 Å². The van der Waals surface area contributed by atoms with E-state index < -0.39 is 11.1 Å². The van der Waals surface area contributed by atoms with Crippen LogP contribution in [0.3, 0.4) is 0 Å². The minimum absolute atomic E-state index is 0.00366. The Labute approximate surface area is 164 Å². The van der Waals surface area contributed by atoms with E-state index in [4.69, 9.17) is 21.1 Å². The molecule has 1 heterocycles. The Kier molecular flexibility index (Phi) is 7.02. The number of aromatic nitrogens is 2. The van der Waals surface area contributed by atoms with Crippen LogP contribution in [0, 0.1) is 0 Å². The number of rotatable bonds is 7. The summed E-state index contributed by atoms with van der Waals surface area (Å²) in [5, 5.41) is 4.13. The summed E-state index contributed by atoms with van der Waals surface area (Å²) >= 11 is 6.14. The van der Waals surface area contributed by atoms with E-state index in [1.54, 1.807) is 24.3 Å². The molecule has 7 heteroatoms. The van der Waals surface area contributed by atoms with Gasteiger partial charge in [0.05, 0.1) is 23.9 Å². The summed E-state index contributed by atoms with van der Waals surface area (Å²) in [6.45, 7) is 8.26. The second-order valence-corrected chi connectivity index (χ2v) is 7.56. The molecule has 146 valence electrons. The van der Waals surface area contributed by atoms with E-state index in [0.29, 0.717) is 12.2 Å². The van der Waals surface area contributed by atoms with Crippen molar-refractivity contribution in [3.63, 3.8) is 0 Å². The molecular weight excluding hydrogens is 368 g/mol. The second kappa shape index (κ2) is 9.04. The lowest BCUT2D eigenvalue weighted by atomic mass is 10.1. The molecule has 0 aliphatic heterocycles. The highest BCUT2D eigenvalue weighted by Crippen LogP contribution is 2.22. The Morgan fingerprint density at radius 3 is 2.48 bits per heavy atom. The minimum atomic E-state index is -0.471. The molecule has 0 atom stereocenters. The summed E-state index contributed by atoms with van der Waals surface area (Å²) in [7, 11) is 0. The summed E-state index contributed by atoms with van der Waals surface area (Å²) < 4.78 is 12.1. The number of hydrogen-bond donors (Lipinski definition) is 0. The van der Waals surface area contributed by atoms with E-state index >= 15 is 0 Å². The van der Waals surface area contributed by atoms with Crippen molar-refractivity contribution in [2.24, 2.45) is 0 Å². The molecule has 0 aliphatic rings. The fourth-order valence-corrected chi connectivity index (χ4v) is 2.47. The molecule has 0 fully saturated rings. The Morgan fingerprint density at radius 1 is 1.22 bits per heavy atom. The minimum Gasteiger partial charge on any atom is -0.485 e. The molecule has 0 N–H and O–H groups in total. The van der Waals surface area contributed by atoms with Crippen LogP contribution in [0.5, 0.6) is 5.75 Å². The summed E-state index contributed by atoms with van der Waals surface area (Å²) in [4.78, 5) is 24.2. The van der Waals surface area contributed by atoms with Crippen molar-refractivity contribution in [3.8, 4) is 5.75 Å². The Morgan fingerprint density at radius 2 is 1.89 bits per heavy atom. The van der Waals surface area contributed by atoms with Gasteiger partial charge in [-0.2, -0.15) is 5.10 Å². The third-order valence-corrected chi connectivity index (χ3v) is 4.19. The van der Waals surface area contributed by atoms with Crippen molar-refractivity contribution in [1.82, 2.24) is 9.78 Å². The lowest BCUT2D eigenvalue weighted by Crippen LogP contribution is -2.36. The van der Waals surface area contributed by atoms with E-state index in [1.807, 2.05) is 27.7 Å². The first-order valence-electron chi connectivity index (χ1n) is 8.91. The first-order chi connectivity index (χ1) is 12.7. The van der Waals surface area contributed by atoms with Crippen LogP contribution in [0.1, 0.15) is 56.5 Å². The number of carbonyl (C=O) groups is 1. The van der Waals surface area contributed by atoms with Gasteiger partial charge in [0.1, 0.15) is 6.61 Å². The Balaban J connectivity index is 2.02. The largest absolute Gasteiger partial charge is 0.485 e. The van der Waals surface area contributed by atoms with Crippen LogP contribution in [-0.4, -0.2) is 22.4 Å². The average Bonchev–Trinajstić information content (AvgIpc) is 2.62. The zero-order chi connectivity index (χ0) is 20.0. The number of halogens is 1. The molecule has 0 amide bonds. The molecule has 0 saturated carbocycles. The van der Waals surface area contributed by atoms with Crippen molar-refractivity contribution >= 4 is 17.6 Å². The van der Waals surface area contributed by atoms with E-state index in [9.17, 15) is 9.59 Å². The van der Waals surface area contributed by atoms with Crippen molar-refractivity contribution in [2.75, 3.05) is 6.61 Å². The van der Waals surface area contributed by atoms with Gasteiger partial charge in [0.25, 0.3) is 5.56 Å². The topological polar surface area (TPSA) is 70.4 Å². The van der Waals surface area contributed by atoms with Crippen LogP contribution in [0.2, 0.25) is 5.02 Å². The van der Waals surface area contributed by atoms with Crippen molar-refractivity contribution < 1.29 is 14.3 Å². The third kappa shape index (κ3) is 5.57. The molecule has 0 bridgehead atoms. The normalized spacial score (nSPS) is 11.3. The zero-order valence-corrected chi connectivity index (χ0v) is 16.9. The van der Waals surface area contributed by atoms with Crippen LogP contribution >= 0.6 is 11.6 Å². The molecule has 2 rings (SSSR count). The number of ether oxygens (including phenoxy) is 2. The quantitative estimate of drug-likeness (QED) is 0.522. The molecule has 0 saturated heterocycles. The summed E-state index contributed by atoms with van der Waals surface area (Å²) in [6.07, 6.45) is 3.26. The molecule has 0 aliphatic carbocycles. The van der Waals surface area contributed by atoms with E-state index in [1.165, 1.54) is 10.9 Å². The number of esters is 1. The van der Waals surface area contributed by atoms with Gasteiger partial charge in [0, 0.05) is 0 Å². The molecule has 0 radical (unpaired) electrons. The lowest BCUT2D eigenvalue weighted by Gasteiger charge is -2.21. The van der Waals surface area contributed by atoms with E-state index in [2.05, 4.69) is 5.10 Å². The number of benzene rings is 1. The van der Waals surface area contributed by atoms with Crippen LogP contribution in [0.15, 0.2) is 35.3 Å². The van der Waals surface area contributed by atoms with Gasteiger partial charge in [0.2, 0.25) is 0 Å². The monoisotopic (exact) mass is 392 g/mol. The molecule has 0 spiro atoms. The van der Waals surface area contributed by atoms with Gasteiger partial charge in [-0.25, -0.2) is 9.48 Å². The predicted octanol–water partition coefficient (Wildman–Crippen LogP) is 4.19. The van der Waals surface area contributed by atoms with Crippen LogP contribution in [0.25, 0.3) is 0 Å². The van der Waals surface area contributed by atoms with Crippen LogP contribution in [-0.2, 0) is 16.9 Å². The van der Waals surface area contributed by atoms with Gasteiger partial charge < -0.3 is 9.47 Å². The van der Waals surface area contributed by atoms with Crippen molar-refractivity contribution in [1.29, 1.82) is 0 Å². The maximum atomic E-state index is 12.3. The average molecular weight is 393 g/mol. The molecule has 6 nitrogen and oxygen atoms in total. The summed E-state index contributed by atoms with van der Waals surface area (Å²) in [6, 6.07) is 6.91. The standard InChI is InChI=1S/C20H25ClN2O4/c1-5-6-11-26-19(25)15-9-7-14(8-10-15)13-27-16-12-22-23(20(2,3)4)18(24)17(16)21/h7-10,12H,5-6,11,13H2,1-4H3. The Bertz CT molecular complexity index is 839. The van der Waals surface area contributed by atoms with Gasteiger partial charge in [0.15, 0.2) is 10.8 Å². The maximum absolute atomic E-state index is 12.3. The zero-order valence-electron chi connectivity index (χ0n) is 16.1. The molecule has 2 aromatic rings. The first kappa shape index (κ1) is 21.0. The highest BCUT2D eigenvalue weighted by atomic mass is 35.5. The molecule has 1 aromatic carbocycles. The highest BCUT2D eigenvalue weighted by Gasteiger charge is 2.20. The predicted molar refractivity (Wildman–Crippen MR) is 104 cm³/mol. The van der Waals surface area contributed by atoms with Gasteiger partial charge in [-0.1, -0.05) is 37.1 Å². The fourth-order valence-electron chi connectivity index (χ4n) is 2.29. The van der Waals surface area contributed by atoms with Gasteiger partial charge >= 0.3 is 5.97 Å². The number of hydrogen-bond acceptors (Lipinski definition) is 5. The lowest BCUT2D eigenvalue weighted by molar-refractivity contribution is 0.0499. The van der Waals surface area contributed by atoms with Gasteiger partial charge in [-0.05, 0) is 44.9 Å². The maximum Gasteiger partial charge on any atom is 0.338 e. The smallest absolute Gasteiger partial charge is 0.338 e. The molecule has 0 unspecified atom stereocenters. The molecular formula is C20H25ClN2O4. The fraction of sp³-hybridized carbons (Fsp3) is 0.450. The number of carbonyl (C=O) groups excluding carboxylic acids is 1. The van der Waals surface area contributed by atoms with Crippen molar-refractivity contribution in [3.05, 3.63) is 57.0 Å².